The van der Waals surface area contributed by atoms with Crippen molar-refractivity contribution >= 4 is 11.7 Å². The van der Waals surface area contributed by atoms with Crippen molar-refractivity contribution in [1.29, 1.82) is 0 Å². The fourth-order valence-electron chi connectivity index (χ4n) is 2.95. The predicted octanol–water partition coefficient (Wildman–Crippen LogP) is 2.55. The summed E-state index contributed by atoms with van der Waals surface area (Å²) in [6.07, 6.45) is 3.96. The van der Waals surface area contributed by atoms with Crippen molar-refractivity contribution in [1.82, 2.24) is 10.3 Å². The van der Waals surface area contributed by atoms with Gasteiger partial charge in [-0.15, -0.1) is 0 Å². The molecule has 0 spiro atoms. The van der Waals surface area contributed by atoms with Crippen LogP contribution in [0.4, 0.5) is 10.2 Å². The number of benzene rings is 1. The number of carbonyl (C=O) groups excluding carboxylic acids is 1. The maximum absolute atomic E-state index is 13.2. The van der Waals surface area contributed by atoms with Gasteiger partial charge in [0.1, 0.15) is 11.6 Å². The molecular formula is C18H20FN3O. The SMILES string of the molecule is O=C(Cc1cccc(F)c1)N[C@H]1CCCN(c2ccccn2)C1. The molecule has 0 saturated carbocycles. The highest BCUT2D eigenvalue weighted by Crippen LogP contribution is 2.17. The van der Waals surface area contributed by atoms with Crippen LogP contribution < -0.4 is 10.2 Å². The van der Waals surface area contributed by atoms with Crippen LogP contribution in [0, 0.1) is 5.82 Å². The van der Waals surface area contributed by atoms with E-state index in [-0.39, 0.29) is 24.2 Å². The van der Waals surface area contributed by atoms with Crippen LogP contribution >= 0.6 is 0 Å². The van der Waals surface area contributed by atoms with Crippen LogP contribution in [-0.4, -0.2) is 30.0 Å². The van der Waals surface area contributed by atoms with E-state index in [0.29, 0.717) is 5.56 Å². The Kier molecular flexibility index (Phi) is 4.86. The first kappa shape index (κ1) is 15.5. The van der Waals surface area contributed by atoms with Gasteiger partial charge in [-0.3, -0.25) is 4.79 Å². The molecule has 23 heavy (non-hydrogen) atoms. The molecule has 1 amide bonds. The summed E-state index contributed by atoms with van der Waals surface area (Å²) < 4.78 is 13.2. The van der Waals surface area contributed by atoms with E-state index in [4.69, 9.17) is 0 Å². The maximum atomic E-state index is 13.2. The Balaban J connectivity index is 1.56. The van der Waals surface area contributed by atoms with Crippen molar-refractivity contribution in [3.05, 3.63) is 60.0 Å². The van der Waals surface area contributed by atoms with E-state index >= 15 is 0 Å². The van der Waals surface area contributed by atoms with Crippen LogP contribution in [0.5, 0.6) is 0 Å². The van der Waals surface area contributed by atoms with Crippen molar-refractivity contribution in [2.75, 3.05) is 18.0 Å². The number of aromatic nitrogens is 1. The second-order valence-electron chi connectivity index (χ2n) is 5.85. The average Bonchev–Trinajstić information content (AvgIpc) is 2.56. The van der Waals surface area contributed by atoms with Gasteiger partial charge < -0.3 is 10.2 Å². The number of anilines is 1. The number of pyridine rings is 1. The van der Waals surface area contributed by atoms with Crippen molar-refractivity contribution in [2.24, 2.45) is 0 Å². The summed E-state index contributed by atoms with van der Waals surface area (Å²) in [5.41, 5.74) is 0.694. The monoisotopic (exact) mass is 313 g/mol. The van der Waals surface area contributed by atoms with Gasteiger partial charge in [-0.25, -0.2) is 9.37 Å². The molecule has 3 rings (SSSR count). The molecule has 1 aromatic carbocycles. The van der Waals surface area contributed by atoms with Gasteiger partial charge in [-0.2, -0.15) is 0 Å². The smallest absolute Gasteiger partial charge is 0.224 e. The Morgan fingerprint density at radius 1 is 1.30 bits per heavy atom. The summed E-state index contributed by atoms with van der Waals surface area (Å²) in [5, 5.41) is 3.06. The van der Waals surface area contributed by atoms with Crippen molar-refractivity contribution in [3.63, 3.8) is 0 Å². The highest BCUT2D eigenvalue weighted by atomic mass is 19.1. The summed E-state index contributed by atoms with van der Waals surface area (Å²) >= 11 is 0. The van der Waals surface area contributed by atoms with E-state index in [0.717, 1.165) is 31.7 Å². The lowest BCUT2D eigenvalue weighted by atomic mass is 10.0. The van der Waals surface area contributed by atoms with Gasteiger partial charge in [0, 0.05) is 25.3 Å². The largest absolute Gasteiger partial charge is 0.355 e. The lowest BCUT2D eigenvalue weighted by Crippen LogP contribution is -2.48. The summed E-state index contributed by atoms with van der Waals surface area (Å²) in [6.45, 7) is 1.71. The molecule has 1 aromatic heterocycles. The van der Waals surface area contributed by atoms with Crippen LogP contribution in [0.1, 0.15) is 18.4 Å². The zero-order valence-corrected chi connectivity index (χ0v) is 12.9. The number of nitrogens with zero attached hydrogens (tertiary/aromatic N) is 2. The molecule has 1 N–H and O–H groups in total. The van der Waals surface area contributed by atoms with E-state index in [1.54, 1.807) is 18.3 Å². The van der Waals surface area contributed by atoms with Crippen molar-refractivity contribution < 1.29 is 9.18 Å². The third-order valence-electron chi connectivity index (χ3n) is 4.01. The first-order valence-corrected chi connectivity index (χ1v) is 7.90. The van der Waals surface area contributed by atoms with Gasteiger partial charge >= 0.3 is 0 Å². The quantitative estimate of drug-likeness (QED) is 0.943. The van der Waals surface area contributed by atoms with Crippen LogP contribution in [0.2, 0.25) is 0 Å². The van der Waals surface area contributed by atoms with E-state index in [1.165, 1.54) is 12.1 Å². The first-order chi connectivity index (χ1) is 11.2. The number of rotatable bonds is 4. The number of hydrogen-bond acceptors (Lipinski definition) is 3. The standard InChI is InChI=1S/C18H20FN3O/c19-15-6-3-5-14(11-15)12-18(23)21-16-7-4-10-22(13-16)17-8-1-2-9-20-17/h1-3,5-6,8-9,11,16H,4,7,10,12-13H2,(H,21,23)/t16-/m0/s1. The van der Waals surface area contributed by atoms with Crippen LogP contribution in [0.15, 0.2) is 48.7 Å². The van der Waals surface area contributed by atoms with Gasteiger partial charge in [0.2, 0.25) is 5.91 Å². The lowest BCUT2D eigenvalue weighted by Gasteiger charge is -2.34. The lowest BCUT2D eigenvalue weighted by molar-refractivity contribution is -0.121. The number of amides is 1. The predicted molar refractivity (Wildman–Crippen MR) is 87.7 cm³/mol. The molecule has 5 heteroatoms. The minimum atomic E-state index is -0.311. The third kappa shape index (κ3) is 4.28. The summed E-state index contributed by atoms with van der Waals surface area (Å²) in [6, 6.07) is 12.1. The van der Waals surface area contributed by atoms with E-state index < -0.39 is 0 Å². The summed E-state index contributed by atoms with van der Waals surface area (Å²) in [7, 11) is 0. The molecule has 4 nitrogen and oxygen atoms in total. The normalized spacial score (nSPS) is 17.8. The number of piperidine rings is 1. The molecule has 120 valence electrons. The van der Waals surface area contributed by atoms with Gasteiger partial charge in [0.05, 0.1) is 6.42 Å². The molecule has 1 aliphatic rings. The van der Waals surface area contributed by atoms with Gasteiger partial charge in [-0.1, -0.05) is 18.2 Å². The summed E-state index contributed by atoms with van der Waals surface area (Å²) in [4.78, 5) is 18.7. The summed E-state index contributed by atoms with van der Waals surface area (Å²) in [5.74, 6) is 0.564. The van der Waals surface area contributed by atoms with E-state index in [9.17, 15) is 9.18 Å². The van der Waals surface area contributed by atoms with Crippen LogP contribution in [0.25, 0.3) is 0 Å². The Morgan fingerprint density at radius 3 is 3.00 bits per heavy atom. The second-order valence-corrected chi connectivity index (χ2v) is 5.85. The Bertz CT molecular complexity index is 662. The highest BCUT2D eigenvalue weighted by Gasteiger charge is 2.22. The fraction of sp³-hybridized carbons (Fsp3) is 0.333. The zero-order valence-electron chi connectivity index (χ0n) is 12.9. The minimum Gasteiger partial charge on any atom is -0.355 e. The number of hydrogen-bond donors (Lipinski definition) is 1. The van der Waals surface area contributed by atoms with E-state index in [2.05, 4.69) is 15.2 Å². The molecule has 1 saturated heterocycles. The van der Waals surface area contributed by atoms with Gasteiger partial charge in [-0.05, 0) is 42.7 Å². The Labute approximate surface area is 135 Å². The molecule has 0 unspecified atom stereocenters. The fourth-order valence-corrected chi connectivity index (χ4v) is 2.95. The van der Waals surface area contributed by atoms with Gasteiger partial charge in [0.15, 0.2) is 0 Å². The Hall–Kier alpha value is -2.43. The second kappa shape index (κ2) is 7.22. The molecule has 2 aromatic rings. The molecule has 0 radical (unpaired) electrons. The zero-order chi connectivity index (χ0) is 16.1. The van der Waals surface area contributed by atoms with E-state index in [1.807, 2.05) is 18.2 Å². The molecule has 1 fully saturated rings. The number of carbonyl (C=O) groups is 1. The third-order valence-corrected chi connectivity index (χ3v) is 4.01. The van der Waals surface area contributed by atoms with Crippen molar-refractivity contribution in [3.8, 4) is 0 Å². The van der Waals surface area contributed by atoms with Crippen molar-refractivity contribution in [2.45, 2.75) is 25.3 Å². The van der Waals surface area contributed by atoms with Crippen LogP contribution in [-0.2, 0) is 11.2 Å². The number of nitrogens with one attached hydrogen (secondary N) is 1. The molecule has 0 aliphatic carbocycles. The maximum Gasteiger partial charge on any atom is 0.224 e. The first-order valence-electron chi connectivity index (χ1n) is 7.90. The van der Waals surface area contributed by atoms with Crippen LogP contribution in [0.3, 0.4) is 0 Å². The number of halogens is 1. The molecule has 0 bridgehead atoms. The Morgan fingerprint density at radius 2 is 2.22 bits per heavy atom. The average molecular weight is 313 g/mol. The molecular weight excluding hydrogens is 293 g/mol. The molecule has 1 atom stereocenters. The van der Waals surface area contributed by atoms with Gasteiger partial charge in [0.25, 0.3) is 0 Å². The molecule has 2 heterocycles. The molecule has 1 aliphatic heterocycles. The highest BCUT2D eigenvalue weighted by molar-refractivity contribution is 5.79. The minimum absolute atomic E-state index is 0.0662. The topological polar surface area (TPSA) is 45.2 Å².